The van der Waals surface area contributed by atoms with Gasteiger partial charge in [0.2, 0.25) is 0 Å². The quantitative estimate of drug-likeness (QED) is 0.605. The molecule has 5 nitrogen and oxygen atoms in total. The minimum Gasteiger partial charge on any atom is -0.446 e. The van der Waals surface area contributed by atoms with Crippen LogP contribution < -0.4 is 5.48 Å². The molecular formula is C23H25NO4. The standard InChI is InChI=1S/C23H25NO4/c25-22(16-9-3-1-2-4-10-16)28-24-23(26)27-15-21-19-13-7-5-11-17(19)18-12-6-8-14-20(18)21/h5-8,11-14,16,21H,1-4,9-10,15H2,(H,24,26). The maximum Gasteiger partial charge on any atom is 0.440 e. The summed E-state index contributed by atoms with van der Waals surface area (Å²) >= 11 is 0. The molecule has 0 spiro atoms. The number of carbonyl (C=O) groups is 2. The van der Waals surface area contributed by atoms with Gasteiger partial charge in [0.05, 0.1) is 5.92 Å². The summed E-state index contributed by atoms with van der Waals surface area (Å²) in [6.45, 7) is 0.195. The lowest BCUT2D eigenvalue weighted by molar-refractivity contribution is -0.155. The molecule has 1 amide bonds. The number of amides is 1. The van der Waals surface area contributed by atoms with Crippen molar-refractivity contribution in [2.24, 2.45) is 5.92 Å². The summed E-state index contributed by atoms with van der Waals surface area (Å²) in [5.41, 5.74) is 6.80. The highest BCUT2D eigenvalue weighted by Crippen LogP contribution is 2.44. The Hall–Kier alpha value is -2.82. The zero-order chi connectivity index (χ0) is 19.3. The van der Waals surface area contributed by atoms with Crippen molar-refractivity contribution < 1.29 is 19.2 Å². The summed E-state index contributed by atoms with van der Waals surface area (Å²) in [6.07, 6.45) is 5.29. The van der Waals surface area contributed by atoms with E-state index in [9.17, 15) is 9.59 Å². The molecule has 0 heterocycles. The van der Waals surface area contributed by atoms with E-state index in [-0.39, 0.29) is 24.4 Å². The van der Waals surface area contributed by atoms with Crippen molar-refractivity contribution in [2.75, 3.05) is 6.61 Å². The molecule has 0 atom stereocenters. The van der Waals surface area contributed by atoms with Crippen LogP contribution in [0.4, 0.5) is 4.79 Å². The Morgan fingerprint density at radius 1 is 0.857 bits per heavy atom. The molecule has 1 fully saturated rings. The Labute approximate surface area is 165 Å². The van der Waals surface area contributed by atoms with Gasteiger partial charge in [0.15, 0.2) is 0 Å². The van der Waals surface area contributed by atoms with Crippen molar-refractivity contribution >= 4 is 12.1 Å². The third-order valence-corrected chi connectivity index (χ3v) is 5.77. The van der Waals surface area contributed by atoms with E-state index in [1.54, 1.807) is 0 Å². The van der Waals surface area contributed by atoms with E-state index in [0.29, 0.717) is 0 Å². The molecule has 5 heteroatoms. The second kappa shape index (κ2) is 8.46. The normalized spacial score (nSPS) is 16.6. The van der Waals surface area contributed by atoms with Gasteiger partial charge >= 0.3 is 12.1 Å². The summed E-state index contributed by atoms with van der Waals surface area (Å²) in [4.78, 5) is 29.2. The van der Waals surface area contributed by atoms with Crippen LogP contribution in [0.2, 0.25) is 0 Å². The first kappa shape index (κ1) is 18.5. The monoisotopic (exact) mass is 379 g/mol. The molecule has 2 aromatic rings. The molecular weight excluding hydrogens is 354 g/mol. The summed E-state index contributed by atoms with van der Waals surface area (Å²) in [5, 5.41) is 0. The summed E-state index contributed by atoms with van der Waals surface area (Å²) < 4.78 is 5.37. The van der Waals surface area contributed by atoms with Crippen LogP contribution in [-0.2, 0) is 14.4 Å². The van der Waals surface area contributed by atoms with E-state index in [1.807, 2.05) is 24.3 Å². The SMILES string of the molecule is O=C(NOC(=O)C1CCCCCC1)OCC1c2ccccc2-c2ccccc21. The minimum absolute atomic E-state index is 0.0179. The number of fused-ring (bicyclic) bond motifs is 3. The average molecular weight is 379 g/mol. The van der Waals surface area contributed by atoms with Gasteiger partial charge in [-0.3, -0.25) is 0 Å². The zero-order valence-electron chi connectivity index (χ0n) is 15.9. The summed E-state index contributed by atoms with van der Waals surface area (Å²) in [6, 6.07) is 16.3. The number of carbonyl (C=O) groups excluding carboxylic acids is 2. The predicted octanol–water partition coefficient (Wildman–Crippen LogP) is 4.95. The maximum atomic E-state index is 12.2. The lowest BCUT2D eigenvalue weighted by Gasteiger charge is -2.15. The van der Waals surface area contributed by atoms with Gasteiger partial charge in [-0.15, -0.1) is 5.48 Å². The Morgan fingerprint density at radius 2 is 1.43 bits per heavy atom. The Balaban J connectivity index is 1.33. The molecule has 1 N–H and O–H groups in total. The van der Waals surface area contributed by atoms with Crippen LogP contribution in [0.25, 0.3) is 11.1 Å². The predicted molar refractivity (Wildman–Crippen MR) is 105 cm³/mol. The van der Waals surface area contributed by atoms with Crippen LogP contribution in [0.15, 0.2) is 48.5 Å². The number of hydroxylamine groups is 1. The van der Waals surface area contributed by atoms with Crippen LogP contribution in [0.3, 0.4) is 0 Å². The molecule has 0 aliphatic heterocycles. The number of nitrogens with one attached hydrogen (secondary N) is 1. The molecule has 4 rings (SSSR count). The van der Waals surface area contributed by atoms with Gasteiger partial charge in [0.25, 0.3) is 0 Å². The first-order chi connectivity index (χ1) is 13.7. The molecule has 2 aliphatic rings. The minimum atomic E-state index is -0.733. The molecule has 2 aromatic carbocycles. The van der Waals surface area contributed by atoms with E-state index < -0.39 is 6.09 Å². The Bertz CT molecular complexity index is 810. The van der Waals surface area contributed by atoms with Crippen LogP contribution in [0.1, 0.15) is 55.6 Å². The average Bonchev–Trinajstić information content (AvgIpc) is 2.87. The van der Waals surface area contributed by atoms with Gasteiger partial charge in [-0.1, -0.05) is 74.2 Å². The zero-order valence-corrected chi connectivity index (χ0v) is 15.9. The molecule has 0 aromatic heterocycles. The van der Waals surface area contributed by atoms with E-state index in [0.717, 1.165) is 49.7 Å². The van der Waals surface area contributed by atoms with Crippen LogP contribution >= 0.6 is 0 Å². The third-order valence-electron chi connectivity index (χ3n) is 5.77. The van der Waals surface area contributed by atoms with Gasteiger partial charge in [-0.2, -0.15) is 0 Å². The number of hydrogen-bond acceptors (Lipinski definition) is 4. The third kappa shape index (κ3) is 3.88. The van der Waals surface area contributed by atoms with Gasteiger partial charge in [0.1, 0.15) is 6.61 Å². The van der Waals surface area contributed by atoms with E-state index >= 15 is 0 Å². The largest absolute Gasteiger partial charge is 0.446 e. The van der Waals surface area contributed by atoms with E-state index in [2.05, 4.69) is 29.7 Å². The smallest absolute Gasteiger partial charge is 0.440 e. The first-order valence-electron chi connectivity index (χ1n) is 10.1. The van der Waals surface area contributed by atoms with Gasteiger partial charge in [0, 0.05) is 5.92 Å². The lowest BCUT2D eigenvalue weighted by atomic mass is 9.98. The van der Waals surface area contributed by atoms with Crippen molar-refractivity contribution in [1.29, 1.82) is 0 Å². The molecule has 0 radical (unpaired) electrons. The highest BCUT2D eigenvalue weighted by atomic mass is 16.7. The number of ether oxygens (including phenoxy) is 1. The number of rotatable bonds is 3. The Kier molecular flexibility index (Phi) is 5.60. The van der Waals surface area contributed by atoms with E-state index in [1.165, 1.54) is 11.1 Å². The van der Waals surface area contributed by atoms with Crippen molar-refractivity contribution in [2.45, 2.75) is 44.4 Å². The molecule has 0 unspecified atom stereocenters. The number of benzene rings is 2. The van der Waals surface area contributed by atoms with Gasteiger partial charge in [-0.25, -0.2) is 9.59 Å². The van der Waals surface area contributed by atoms with Crippen LogP contribution in [-0.4, -0.2) is 18.7 Å². The molecule has 0 saturated heterocycles. The van der Waals surface area contributed by atoms with Gasteiger partial charge in [-0.05, 0) is 35.1 Å². The topological polar surface area (TPSA) is 64.6 Å². The lowest BCUT2D eigenvalue weighted by Crippen LogP contribution is -2.31. The fourth-order valence-electron chi connectivity index (χ4n) is 4.32. The second-order valence-corrected chi connectivity index (χ2v) is 7.54. The molecule has 28 heavy (non-hydrogen) atoms. The van der Waals surface area contributed by atoms with Crippen LogP contribution in [0.5, 0.6) is 0 Å². The summed E-state index contributed by atoms with van der Waals surface area (Å²) in [5.74, 6) is -0.512. The molecule has 2 aliphatic carbocycles. The number of hydrogen-bond donors (Lipinski definition) is 1. The van der Waals surface area contributed by atoms with Crippen molar-refractivity contribution in [1.82, 2.24) is 5.48 Å². The first-order valence-corrected chi connectivity index (χ1v) is 10.1. The Morgan fingerprint density at radius 3 is 2.04 bits per heavy atom. The molecule has 146 valence electrons. The molecule has 1 saturated carbocycles. The van der Waals surface area contributed by atoms with Crippen LogP contribution in [0, 0.1) is 5.92 Å². The van der Waals surface area contributed by atoms with E-state index in [4.69, 9.17) is 9.57 Å². The van der Waals surface area contributed by atoms with Gasteiger partial charge < -0.3 is 9.57 Å². The highest BCUT2D eigenvalue weighted by molar-refractivity contribution is 5.79. The maximum absolute atomic E-state index is 12.2. The highest BCUT2D eigenvalue weighted by Gasteiger charge is 2.29. The second-order valence-electron chi connectivity index (χ2n) is 7.54. The van der Waals surface area contributed by atoms with Crippen molar-refractivity contribution in [3.63, 3.8) is 0 Å². The molecule has 0 bridgehead atoms. The van der Waals surface area contributed by atoms with Crippen molar-refractivity contribution in [3.8, 4) is 11.1 Å². The summed E-state index contributed by atoms with van der Waals surface area (Å²) in [7, 11) is 0. The fourth-order valence-corrected chi connectivity index (χ4v) is 4.32. The fraction of sp³-hybridized carbons (Fsp3) is 0.391. The van der Waals surface area contributed by atoms with Crippen molar-refractivity contribution in [3.05, 3.63) is 59.7 Å².